The third kappa shape index (κ3) is 41.3. The molecule has 2 atom stereocenters. The van der Waals surface area contributed by atoms with Crippen LogP contribution in [0.4, 0.5) is 0 Å². The summed E-state index contributed by atoms with van der Waals surface area (Å²) in [6.45, 7) is 4.10. The van der Waals surface area contributed by atoms with E-state index in [9.17, 15) is 19.0 Å². The lowest BCUT2D eigenvalue weighted by Gasteiger charge is -2.28. The second kappa shape index (κ2) is 38.2. The Morgan fingerprint density at radius 3 is 1.50 bits per heavy atom. The summed E-state index contributed by atoms with van der Waals surface area (Å²) in [5.74, 6) is -0.932. The van der Waals surface area contributed by atoms with Crippen LogP contribution in [0.1, 0.15) is 168 Å². The van der Waals surface area contributed by atoms with E-state index in [2.05, 4.69) is 62.5 Å². The molecule has 9 nitrogen and oxygen atoms in total. The molecule has 0 aromatic rings. The molecule has 0 rings (SSSR count). The number of ether oxygens (including phenoxy) is 2. The lowest BCUT2D eigenvalue weighted by atomic mass is 10.0. The summed E-state index contributed by atoms with van der Waals surface area (Å²) in [6.07, 6.45) is 45.4. The van der Waals surface area contributed by atoms with Crippen LogP contribution in [-0.2, 0) is 32.7 Å². The van der Waals surface area contributed by atoms with Gasteiger partial charge in [-0.05, 0) is 51.4 Å². The summed E-state index contributed by atoms with van der Waals surface area (Å²) in [7, 11) is 1.12. The van der Waals surface area contributed by atoms with Gasteiger partial charge in [0.05, 0.1) is 27.7 Å². The quantitative estimate of drug-likeness (QED) is 0.0198. The maximum Gasteiger partial charge on any atom is 0.306 e. The van der Waals surface area contributed by atoms with Crippen LogP contribution in [0.15, 0.2) is 60.8 Å². The second-order valence-corrected chi connectivity index (χ2v) is 17.1. The monoisotopic (exact) mass is 808 g/mol. The molecule has 0 radical (unpaired) electrons. The Balaban J connectivity index is 4.48. The summed E-state index contributed by atoms with van der Waals surface area (Å²) in [4.78, 5) is 37.5. The molecule has 0 N–H and O–H groups in total. The van der Waals surface area contributed by atoms with Gasteiger partial charge in [-0.25, -0.2) is 0 Å². The lowest BCUT2D eigenvalue weighted by molar-refractivity contribution is -0.870. The van der Waals surface area contributed by atoms with Crippen molar-refractivity contribution in [2.75, 3.05) is 47.5 Å². The molecule has 0 aliphatic heterocycles. The van der Waals surface area contributed by atoms with Crippen molar-refractivity contribution in [2.45, 2.75) is 174 Å². The fraction of sp³-hybridized carbons (Fsp3) is 0.739. The Morgan fingerprint density at radius 1 is 0.554 bits per heavy atom. The van der Waals surface area contributed by atoms with Crippen LogP contribution in [-0.4, -0.2) is 70.0 Å². The van der Waals surface area contributed by atoms with E-state index in [1.165, 1.54) is 83.5 Å². The van der Waals surface area contributed by atoms with Gasteiger partial charge in [0.1, 0.15) is 19.8 Å². The van der Waals surface area contributed by atoms with Crippen LogP contribution in [0.5, 0.6) is 0 Å². The topological polar surface area (TPSA) is 111 Å². The zero-order valence-electron chi connectivity index (χ0n) is 36.3. The Bertz CT molecular complexity index is 1140. The first-order valence-electron chi connectivity index (χ1n) is 22.0. The van der Waals surface area contributed by atoms with Crippen molar-refractivity contribution >= 4 is 19.8 Å². The van der Waals surface area contributed by atoms with E-state index in [1.807, 2.05) is 33.3 Å². The molecule has 0 fully saturated rings. The first kappa shape index (κ1) is 53.7. The van der Waals surface area contributed by atoms with E-state index < -0.39 is 32.5 Å². The van der Waals surface area contributed by atoms with Gasteiger partial charge in [-0.1, -0.05) is 164 Å². The smallest absolute Gasteiger partial charge is 0.306 e. The number of phosphoric acid groups is 1. The van der Waals surface area contributed by atoms with E-state index in [0.717, 1.165) is 44.9 Å². The fourth-order valence-corrected chi connectivity index (χ4v) is 6.31. The minimum Gasteiger partial charge on any atom is -0.756 e. The fourth-order valence-electron chi connectivity index (χ4n) is 5.58. The summed E-state index contributed by atoms with van der Waals surface area (Å²) >= 11 is 0. The van der Waals surface area contributed by atoms with Gasteiger partial charge in [0.25, 0.3) is 7.82 Å². The molecule has 0 aromatic carbocycles. The number of nitrogens with zero attached hydrogens (tertiary/aromatic N) is 1. The highest BCUT2D eigenvalue weighted by Gasteiger charge is 2.21. The van der Waals surface area contributed by atoms with Gasteiger partial charge in [-0.15, -0.1) is 0 Å². The van der Waals surface area contributed by atoms with Gasteiger partial charge in [0, 0.05) is 12.8 Å². The van der Waals surface area contributed by atoms with Gasteiger partial charge in [-0.2, -0.15) is 0 Å². The highest BCUT2D eigenvalue weighted by Crippen LogP contribution is 2.38. The number of rotatable bonds is 39. The van der Waals surface area contributed by atoms with Gasteiger partial charge >= 0.3 is 11.9 Å². The molecule has 0 saturated heterocycles. The van der Waals surface area contributed by atoms with E-state index in [-0.39, 0.29) is 26.1 Å². The highest BCUT2D eigenvalue weighted by atomic mass is 31.2. The molecule has 0 aliphatic rings. The number of carbonyl (C=O) groups excluding carboxylic acids is 2. The molecule has 0 aliphatic carbocycles. The minimum absolute atomic E-state index is 0.0430. The molecule has 0 bridgehead atoms. The maximum atomic E-state index is 12.6. The first-order chi connectivity index (χ1) is 27.0. The van der Waals surface area contributed by atoms with Gasteiger partial charge in [0.15, 0.2) is 6.10 Å². The lowest BCUT2D eigenvalue weighted by Crippen LogP contribution is -2.37. The van der Waals surface area contributed by atoms with Crippen LogP contribution >= 0.6 is 7.82 Å². The predicted octanol–water partition coefficient (Wildman–Crippen LogP) is 11.8. The Labute approximate surface area is 343 Å². The van der Waals surface area contributed by atoms with Gasteiger partial charge < -0.3 is 27.9 Å². The van der Waals surface area contributed by atoms with E-state index >= 15 is 0 Å². The Morgan fingerprint density at radius 2 is 1.00 bits per heavy atom. The number of hydrogen-bond acceptors (Lipinski definition) is 8. The van der Waals surface area contributed by atoms with E-state index in [4.69, 9.17) is 18.5 Å². The first-order valence-corrected chi connectivity index (χ1v) is 23.5. The molecule has 1 unspecified atom stereocenters. The largest absolute Gasteiger partial charge is 0.756 e. The van der Waals surface area contributed by atoms with Crippen molar-refractivity contribution < 1.29 is 42.1 Å². The summed E-state index contributed by atoms with van der Waals surface area (Å²) in [5, 5.41) is 0. The number of likely N-dealkylation sites (N-methyl/N-ethyl adjacent to an activating group) is 1. The van der Waals surface area contributed by atoms with Crippen molar-refractivity contribution in [3.63, 3.8) is 0 Å². The third-order valence-electron chi connectivity index (χ3n) is 9.05. The molecule has 10 heteroatoms. The number of quaternary nitrogens is 1. The molecule has 0 heterocycles. The average molecular weight is 808 g/mol. The molecular formula is C46H82NO8P. The van der Waals surface area contributed by atoms with Crippen molar-refractivity contribution in [1.82, 2.24) is 0 Å². The maximum absolute atomic E-state index is 12.6. The van der Waals surface area contributed by atoms with Gasteiger partial charge in [-0.3, -0.25) is 14.2 Å². The van der Waals surface area contributed by atoms with Crippen LogP contribution in [0, 0.1) is 0 Å². The van der Waals surface area contributed by atoms with E-state index in [0.29, 0.717) is 23.9 Å². The van der Waals surface area contributed by atoms with E-state index in [1.54, 1.807) is 0 Å². The number of esters is 2. The normalized spacial score (nSPS) is 14.2. The Kier molecular flexibility index (Phi) is 36.7. The van der Waals surface area contributed by atoms with Crippen molar-refractivity contribution in [2.24, 2.45) is 0 Å². The molecule has 56 heavy (non-hydrogen) atoms. The number of allylic oxidation sites excluding steroid dienone is 10. The third-order valence-corrected chi connectivity index (χ3v) is 10.0. The standard InChI is InChI=1S/C46H82NO8P/c1-6-8-10-12-14-16-18-20-21-22-23-24-25-27-28-30-32-34-36-38-45(48)52-42-44(43-54-56(50,51)53-41-40-47(3,4)5)55-46(49)39-37-35-33-31-29-26-19-17-15-13-11-9-7-2/h14,16,20-21,23-24,27-28,32,34,44H,6-13,15,17-19,22,25-26,29-31,33,35-43H2,1-5H3/b16-14+,21-20+,24-23+,28-27+,34-32+/t44-/m0/s1. The number of hydrogen-bond donors (Lipinski definition) is 0. The average Bonchev–Trinajstić information content (AvgIpc) is 3.15. The Hall–Kier alpha value is -2.29. The van der Waals surface area contributed by atoms with Crippen LogP contribution in [0.2, 0.25) is 0 Å². The van der Waals surface area contributed by atoms with Crippen molar-refractivity contribution in [3.8, 4) is 0 Å². The second-order valence-electron chi connectivity index (χ2n) is 15.7. The summed E-state index contributed by atoms with van der Waals surface area (Å²) in [6, 6.07) is 0. The van der Waals surface area contributed by atoms with Crippen LogP contribution in [0.25, 0.3) is 0 Å². The minimum atomic E-state index is -4.64. The van der Waals surface area contributed by atoms with Crippen molar-refractivity contribution in [1.29, 1.82) is 0 Å². The zero-order chi connectivity index (χ0) is 41.4. The number of carbonyl (C=O) groups is 2. The van der Waals surface area contributed by atoms with Crippen LogP contribution in [0.3, 0.4) is 0 Å². The van der Waals surface area contributed by atoms with Crippen molar-refractivity contribution in [3.05, 3.63) is 60.8 Å². The summed E-state index contributed by atoms with van der Waals surface area (Å²) in [5.41, 5.74) is 0. The number of phosphoric ester groups is 1. The molecular weight excluding hydrogens is 725 g/mol. The molecule has 0 spiro atoms. The number of unbranched alkanes of at least 4 members (excludes halogenated alkanes) is 15. The zero-order valence-corrected chi connectivity index (χ0v) is 37.2. The van der Waals surface area contributed by atoms with Crippen LogP contribution < -0.4 is 4.89 Å². The predicted molar refractivity (Wildman–Crippen MR) is 231 cm³/mol. The summed E-state index contributed by atoms with van der Waals surface area (Å²) < 4.78 is 33.8. The highest BCUT2D eigenvalue weighted by molar-refractivity contribution is 7.45. The molecule has 0 saturated carbocycles. The SMILES string of the molecule is CCCCC/C=C/C/C=C/C/C=C/C/C=C/C/C=C/CCC(=O)OC[C@@H](COP(=O)([O-])OCC[N+](C)(C)C)OC(=O)CCCCCCCCCCCCCCC. The molecule has 324 valence electrons. The molecule has 0 aromatic heterocycles. The molecule has 0 amide bonds. The van der Waals surface area contributed by atoms with Gasteiger partial charge in [0.2, 0.25) is 0 Å².